The molecule has 2 heterocycles. The molecule has 0 saturated carbocycles. The van der Waals surface area contributed by atoms with Gasteiger partial charge in [-0.05, 0) is 43.2 Å². The first-order valence-corrected chi connectivity index (χ1v) is 7.83. The summed E-state index contributed by atoms with van der Waals surface area (Å²) in [5.41, 5.74) is 3.11. The molecule has 5 nitrogen and oxygen atoms in total. The van der Waals surface area contributed by atoms with Gasteiger partial charge >= 0.3 is 0 Å². The zero-order chi connectivity index (χ0) is 17.3. The highest BCUT2D eigenvalue weighted by atomic mass is 19.3. The van der Waals surface area contributed by atoms with E-state index in [-0.39, 0.29) is 24.8 Å². The van der Waals surface area contributed by atoms with Crippen molar-refractivity contribution in [2.45, 2.75) is 32.2 Å². The minimum atomic E-state index is -2.64. The largest absolute Gasteiger partial charge is 0.507 e. The third kappa shape index (κ3) is 3.62. The minimum absolute atomic E-state index is 0.167. The number of nitrogens with one attached hydrogen (secondary N) is 2. The zero-order valence-corrected chi connectivity index (χ0v) is 13.6. The van der Waals surface area contributed by atoms with Gasteiger partial charge in [-0.3, -0.25) is 0 Å². The van der Waals surface area contributed by atoms with E-state index in [0.29, 0.717) is 23.6 Å². The van der Waals surface area contributed by atoms with E-state index < -0.39 is 5.92 Å². The topological polar surface area (TPSA) is 70.1 Å². The summed E-state index contributed by atoms with van der Waals surface area (Å²) in [6.45, 7) is 3.89. The first-order valence-electron chi connectivity index (χ1n) is 7.83. The van der Waals surface area contributed by atoms with E-state index in [4.69, 9.17) is 0 Å². The second-order valence-corrected chi connectivity index (χ2v) is 6.30. The van der Waals surface area contributed by atoms with Crippen LogP contribution in [0.25, 0.3) is 11.3 Å². The Kier molecular flexibility index (Phi) is 4.36. The lowest BCUT2D eigenvalue weighted by molar-refractivity contribution is 0.0214. The number of aromatic nitrogens is 2. The Hall–Kier alpha value is -2.28. The van der Waals surface area contributed by atoms with Gasteiger partial charge in [0.05, 0.1) is 12.2 Å². The predicted octanol–water partition coefficient (Wildman–Crippen LogP) is 2.88. The second-order valence-electron chi connectivity index (χ2n) is 6.30. The van der Waals surface area contributed by atoms with Crippen molar-refractivity contribution in [3.8, 4) is 17.0 Å². The molecule has 0 bridgehead atoms. The van der Waals surface area contributed by atoms with Gasteiger partial charge in [0, 0.05) is 24.6 Å². The Morgan fingerprint density at radius 3 is 2.67 bits per heavy atom. The summed E-state index contributed by atoms with van der Waals surface area (Å²) in [7, 11) is 0. The summed E-state index contributed by atoms with van der Waals surface area (Å²) >= 11 is 0. The molecule has 0 amide bonds. The molecule has 2 aromatic rings. The minimum Gasteiger partial charge on any atom is -0.507 e. The summed E-state index contributed by atoms with van der Waals surface area (Å²) in [4.78, 5) is 0. The Labute approximate surface area is 139 Å². The van der Waals surface area contributed by atoms with Crippen molar-refractivity contribution in [3.05, 3.63) is 35.4 Å². The molecule has 128 valence electrons. The molecule has 7 heteroatoms. The average Bonchev–Trinajstić information content (AvgIpc) is 2.85. The molecular weight excluding hydrogens is 314 g/mol. The van der Waals surface area contributed by atoms with Gasteiger partial charge in [0.2, 0.25) is 0 Å². The second kappa shape index (κ2) is 6.32. The predicted molar refractivity (Wildman–Crippen MR) is 88.5 cm³/mol. The summed E-state index contributed by atoms with van der Waals surface area (Å²) in [6.07, 6.45) is -0.179. The molecule has 1 aliphatic rings. The molecule has 0 aliphatic carbocycles. The van der Waals surface area contributed by atoms with Gasteiger partial charge < -0.3 is 15.7 Å². The Balaban J connectivity index is 1.68. The van der Waals surface area contributed by atoms with Gasteiger partial charge in [-0.1, -0.05) is 6.07 Å². The molecular formula is C17H20F2N4O. The SMILES string of the molecule is Cc1cc(C)c(-c2ccc(NC[C@@H]3CC(F)(F)CN3)nn2)c(O)c1. The molecule has 3 rings (SSSR count). The maximum absolute atomic E-state index is 13.1. The smallest absolute Gasteiger partial charge is 0.261 e. The molecule has 1 aromatic carbocycles. The number of hydrogen-bond donors (Lipinski definition) is 3. The monoisotopic (exact) mass is 334 g/mol. The van der Waals surface area contributed by atoms with E-state index in [1.54, 1.807) is 18.2 Å². The Bertz CT molecular complexity index is 711. The fourth-order valence-electron chi connectivity index (χ4n) is 3.01. The summed E-state index contributed by atoms with van der Waals surface area (Å²) in [6, 6.07) is 6.85. The molecule has 0 spiro atoms. The highest BCUT2D eigenvalue weighted by molar-refractivity contribution is 5.71. The van der Waals surface area contributed by atoms with Crippen molar-refractivity contribution in [1.29, 1.82) is 0 Å². The number of alkyl halides is 2. The quantitative estimate of drug-likeness (QED) is 0.802. The van der Waals surface area contributed by atoms with Crippen LogP contribution in [0, 0.1) is 13.8 Å². The first kappa shape index (κ1) is 16.6. The molecule has 1 aromatic heterocycles. The fourth-order valence-corrected chi connectivity index (χ4v) is 3.01. The van der Waals surface area contributed by atoms with E-state index in [2.05, 4.69) is 20.8 Å². The van der Waals surface area contributed by atoms with Crippen LogP contribution in [0.2, 0.25) is 0 Å². The van der Waals surface area contributed by atoms with Crippen LogP contribution in [0.15, 0.2) is 24.3 Å². The van der Waals surface area contributed by atoms with Crippen LogP contribution < -0.4 is 10.6 Å². The zero-order valence-electron chi connectivity index (χ0n) is 13.6. The van der Waals surface area contributed by atoms with Crippen LogP contribution in [0.5, 0.6) is 5.75 Å². The van der Waals surface area contributed by atoms with Gasteiger partial charge in [0.1, 0.15) is 11.6 Å². The number of aryl methyl sites for hydroxylation is 2. The van der Waals surface area contributed by atoms with Crippen LogP contribution in [-0.2, 0) is 0 Å². The molecule has 1 atom stereocenters. The standard InChI is InChI=1S/C17H20F2N4O/c1-10-5-11(2)16(14(24)6-10)13-3-4-15(23-22-13)20-8-12-7-17(18,19)9-21-12/h3-6,12,21,24H,7-9H2,1-2H3,(H,20,23)/t12-/m0/s1. The summed E-state index contributed by atoms with van der Waals surface area (Å²) < 4.78 is 26.2. The number of phenols is 1. The number of anilines is 1. The van der Waals surface area contributed by atoms with E-state index >= 15 is 0 Å². The van der Waals surface area contributed by atoms with Gasteiger partial charge in [-0.25, -0.2) is 8.78 Å². The number of aromatic hydroxyl groups is 1. The van der Waals surface area contributed by atoms with E-state index in [1.807, 2.05) is 19.9 Å². The van der Waals surface area contributed by atoms with E-state index in [0.717, 1.165) is 11.1 Å². The van der Waals surface area contributed by atoms with Crippen molar-refractivity contribution in [2.24, 2.45) is 0 Å². The van der Waals surface area contributed by atoms with Crippen LogP contribution in [-0.4, -0.2) is 40.4 Å². The van der Waals surface area contributed by atoms with Crippen LogP contribution in [0.1, 0.15) is 17.5 Å². The summed E-state index contributed by atoms with van der Waals surface area (Å²) in [5.74, 6) is -1.96. The molecule has 1 aliphatic heterocycles. The van der Waals surface area contributed by atoms with Crippen molar-refractivity contribution >= 4 is 5.82 Å². The van der Waals surface area contributed by atoms with Gasteiger partial charge in [0.15, 0.2) is 0 Å². The fraction of sp³-hybridized carbons (Fsp3) is 0.412. The van der Waals surface area contributed by atoms with Crippen LogP contribution >= 0.6 is 0 Å². The summed E-state index contributed by atoms with van der Waals surface area (Å²) in [5, 5.41) is 24.1. The van der Waals surface area contributed by atoms with Gasteiger partial charge in [-0.15, -0.1) is 10.2 Å². The maximum atomic E-state index is 13.1. The van der Waals surface area contributed by atoms with Crippen molar-refractivity contribution < 1.29 is 13.9 Å². The molecule has 1 saturated heterocycles. The maximum Gasteiger partial charge on any atom is 0.261 e. The number of phenolic OH excluding ortho intramolecular Hbond substituents is 1. The Morgan fingerprint density at radius 2 is 2.08 bits per heavy atom. The lowest BCUT2D eigenvalue weighted by Crippen LogP contribution is -2.29. The number of halogens is 2. The normalized spacial score (nSPS) is 19.4. The lowest BCUT2D eigenvalue weighted by Gasteiger charge is -2.12. The first-order chi connectivity index (χ1) is 11.3. The van der Waals surface area contributed by atoms with E-state index in [9.17, 15) is 13.9 Å². The van der Waals surface area contributed by atoms with Gasteiger partial charge in [0.25, 0.3) is 5.92 Å². The van der Waals surface area contributed by atoms with Crippen molar-refractivity contribution in [1.82, 2.24) is 15.5 Å². The molecule has 1 fully saturated rings. The number of nitrogens with zero attached hydrogens (tertiary/aromatic N) is 2. The van der Waals surface area contributed by atoms with Crippen LogP contribution in [0.3, 0.4) is 0 Å². The third-order valence-electron chi connectivity index (χ3n) is 4.10. The van der Waals surface area contributed by atoms with Crippen LogP contribution in [0.4, 0.5) is 14.6 Å². The Morgan fingerprint density at radius 1 is 1.29 bits per heavy atom. The number of benzene rings is 1. The molecule has 0 radical (unpaired) electrons. The molecule has 0 unspecified atom stereocenters. The number of hydrogen-bond acceptors (Lipinski definition) is 5. The highest BCUT2D eigenvalue weighted by Crippen LogP contribution is 2.32. The van der Waals surface area contributed by atoms with Crippen molar-refractivity contribution in [2.75, 3.05) is 18.4 Å². The van der Waals surface area contributed by atoms with E-state index in [1.165, 1.54) is 0 Å². The number of rotatable bonds is 4. The van der Waals surface area contributed by atoms with Crippen molar-refractivity contribution in [3.63, 3.8) is 0 Å². The lowest BCUT2D eigenvalue weighted by atomic mass is 10.0. The van der Waals surface area contributed by atoms with Gasteiger partial charge in [-0.2, -0.15) is 0 Å². The average molecular weight is 334 g/mol. The third-order valence-corrected chi connectivity index (χ3v) is 4.10. The molecule has 24 heavy (non-hydrogen) atoms. The highest BCUT2D eigenvalue weighted by Gasteiger charge is 2.38. The molecule has 3 N–H and O–H groups in total.